The first-order chi connectivity index (χ1) is 17.3. The van der Waals surface area contributed by atoms with Gasteiger partial charge in [-0.3, -0.25) is 0 Å². The quantitative estimate of drug-likeness (QED) is 0.417. The molecule has 2 aliphatic rings. The lowest BCUT2D eigenvalue weighted by Crippen LogP contribution is -2.19. The Balaban J connectivity index is 0.000000343. The Morgan fingerprint density at radius 1 is 1.03 bits per heavy atom. The molecule has 1 nitrogen and oxygen atoms in total. The first-order valence-corrected chi connectivity index (χ1v) is 13.3. The minimum atomic E-state index is -0.348. The van der Waals surface area contributed by atoms with Crippen LogP contribution >= 0.6 is 0 Å². The maximum atomic E-state index is 13.0. The van der Waals surface area contributed by atoms with Gasteiger partial charge in [0.15, 0.2) is 0 Å². The van der Waals surface area contributed by atoms with E-state index in [0.29, 0.717) is 11.0 Å². The van der Waals surface area contributed by atoms with E-state index >= 15 is 0 Å². The molecule has 2 aromatic carbocycles. The Morgan fingerprint density at radius 2 is 1.64 bits per heavy atom. The van der Waals surface area contributed by atoms with Crippen LogP contribution in [0.4, 0.5) is 8.78 Å². The van der Waals surface area contributed by atoms with Crippen LogP contribution in [0.2, 0.25) is 0 Å². The molecule has 0 bridgehead atoms. The Kier molecular flexibility index (Phi) is 13.7. The van der Waals surface area contributed by atoms with E-state index in [0.717, 1.165) is 24.8 Å². The van der Waals surface area contributed by atoms with E-state index in [-0.39, 0.29) is 11.6 Å². The first-order valence-electron chi connectivity index (χ1n) is 13.3. The summed E-state index contributed by atoms with van der Waals surface area (Å²) in [6.45, 7) is 16.6. The van der Waals surface area contributed by atoms with Gasteiger partial charge in [0.25, 0.3) is 0 Å². The van der Waals surface area contributed by atoms with E-state index in [1.807, 2.05) is 45.0 Å². The van der Waals surface area contributed by atoms with Crippen LogP contribution in [0.1, 0.15) is 90.3 Å². The van der Waals surface area contributed by atoms with Crippen molar-refractivity contribution in [1.29, 1.82) is 5.26 Å². The van der Waals surface area contributed by atoms with Crippen LogP contribution in [0.5, 0.6) is 0 Å². The third-order valence-corrected chi connectivity index (χ3v) is 6.42. The number of hydrogen-bond acceptors (Lipinski definition) is 1. The highest BCUT2D eigenvalue weighted by atomic mass is 19.1. The highest BCUT2D eigenvalue weighted by Gasteiger charge is 2.36. The average molecular weight is 492 g/mol. The van der Waals surface area contributed by atoms with Gasteiger partial charge in [0.1, 0.15) is 11.6 Å². The minimum absolute atomic E-state index is 0.169. The number of allylic oxidation sites excluding steroid dienone is 5. The summed E-state index contributed by atoms with van der Waals surface area (Å²) in [7, 11) is 0. The second-order valence-electron chi connectivity index (χ2n) is 9.29. The van der Waals surface area contributed by atoms with Crippen LogP contribution in [0.15, 0.2) is 77.9 Å². The molecule has 0 amide bonds. The van der Waals surface area contributed by atoms with Crippen LogP contribution in [-0.2, 0) is 12.8 Å². The van der Waals surface area contributed by atoms with Crippen LogP contribution in [0.3, 0.4) is 0 Å². The molecule has 4 rings (SSSR count). The second-order valence-corrected chi connectivity index (χ2v) is 9.29. The van der Waals surface area contributed by atoms with Gasteiger partial charge in [-0.1, -0.05) is 90.5 Å². The van der Waals surface area contributed by atoms with Crippen LogP contribution in [0.25, 0.3) is 0 Å². The largest absolute Gasteiger partial charge is 0.207 e. The first kappa shape index (κ1) is 31.0. The molecule has 1 unspecified atom stereocenters. The molecule has 36 heavy (non-hydrogen) atoms. The molecule has 0 heterocycles. The van der Waals surface area contributed by atoms with Crippen LogP contribution in [-0.4, -0.2) is 0 Å². The molecule has 0 N–H and O–H groups in total. The van der Waals surface area contributed by atoms with Crippen molar-refractivity contribution in [3.05, 3.63) is 106 Å². The number of fused-ring (bicyclic) bond motifs is 1. The summed E-state index contributed by atoms with van der Waals surface area (Å²) in [5.41, 5.74) is 7.18. The number of benzene rings is 2. The fourth-order valence-electron chi connectivity index (χ4n) is 4.57. The molecule has 1 atom stereocenters. The van der Waals surface area contributed by atoms with E-state index < -0.39 is 0 Å². The fraction of sp³-hybridized carbons (Fsp3) is 0.424. The van der Waals surface area contributed by atoms with Gasteiger partial charge >= 0.3 is 0 Å². The highest BCUT2D eigenvalue weighted by molar-refractivity contribution is 5.45. The maximum absolute atomic E-state index is 13.0. The van der Waals surface area contributed by atoms with Crippen molar-refractivity contribution in [3.8, 4) is 6.07 Å². The third kappa shape index (κ3) is 8.90. The van der Waals surface area contributed by atoms with Gasteiger partial charge in [-0.05, 0) is 90.5 Å². The summed E-state index contributed by atoms with van der Waals surface area (Å²) < 4.78 is 25.5. The number of hydrogen-bond donors (Lipinski definition) is 0. The standard InChI is InChI=1S/C19H21F.C9H8FN.C3H8.C2H6/c1-3-15-13-19(2)10-4-5-17(19)12-16(15)11-14-6-8-18(20)9-7-14;1-2-7-3-4-9(10)5-8(7)6-11;1-3-2;1-2/h3,6-9,12H,1,4-5,10-11,13H2,2H3;3-5H,2H2,1H3;3H2,1-2H3;1-2H3. The zero-order chi connectivity index (χ0) is 27.1. The van der Waals surface area contributed by atoms with Gasteiger partial charge in [-0.25, -0.2) is 8.78 Å². The summed E-state index contributed by atoms with van der Waals surface area (Å²) in [6, 6.07) is 13.1. The number of aryl methyl sites for hydroxylation is 1. The summed E-state index contributed by atoms with van der Waals surface area (Å²) in [5, 5.41) is 8.56. The Labute approximate surface area is 218 Å². The van der Waals surface area contributed by atoms with E-state index in [2.05, 4.69) is 33.4 Å². The molecule has 194 valence electrons. The van der Waals surface area contributed by atoms with Crippen molar-refractivity contribution in [2.75, 3.05) is 0 Å². The van der Waals surface area contributed by atoms with Gasteiger partial charge < -0.3 is 0 Å². The smallest absolute Gasteiger partial charge is 0.124 e. The van der Waals surface area contributed by atoms with Crippen molar-refractivity contribution < 1.29 is 8.78 Å². The minimum Gasteiger partial charge on any atom is -0.207 e. The van der Waals surface area contributed by atoms with Crippen molar-refractivity contribution >= 4 is 0 Å². The fourth-order valence-corrected chi connectivity index (χ4v) is 4.57. The number of nitrogens with zero attached hydrogens (tertiary/aromatic N) is 1. The molecule has 0 radical (unpaired) electrons. The molecule has 2 aromatic rings. The lowest BCUT2D eigenvalue weighted by Gasteiger charge is -2.32. The lowest BCUT2D eigenvalue weighted by molar-refractivity contribution is 0.402. The van der Waals surface area contributed by atoms with E-state index in [1.165, 1.54) is 54.5 Å². The van der Waals surface area contributed by atoms with Gasteiger partial charge in [0, 0.05) is 0 Å². The molecule has 0 saturated heterocycles. The van der Waals surface area contributed by atoms with Crippen molar-refractivity contribution in [2.45, 2.75) is 86.5 Å². The number of nitriles is 1. The lowest BCUT2D eigenvalue weighted by atomic mass is 9.73. The topological polar surface area (TPSA) is 23.8 Å². The SMILES string of the molecule is C=CC1=C(Cc2ccc(F)cc2)C=C2CCCC2(C)C1.CC.CCC.CCc1ccc(F)cc1C#N. The van der Waals surface area contributed by atoms with Gasteiger partial charge in [0.2, 0.25) is 0 Å². The molecule has 0 aromatic heterocycles. The zero-order valence-electron chi connectivity index (χ0n) is 23.1. The second kappa shape index (κ2) is 15.9. The Morgan fingerprint density at radius 3 is 2.19 bits per heavy atom. The van der Waals surface area contributed by atoms with E-state index in [4.69, 9.17) is 5.26 Å². The number of rotatable bonds is 4. The predicted molar refractivity (Wildman–Crippen MR) is 150 cm³/mol. The normalized spacial score (nSPS) is 17.6. The zero-order valence-corrected chi connectivity index (χ0v) is 23.1. The van der Waals surface area contributed by atoms with Crippen molar-refractivity contribution in [3.63, 3.8) is 0 Å². The Hall–Kier alpha value is -2.99. The van der Waals surface area contributed by atoms with E-state index in [9.17, 15) is 8.78 Å². The van der Waals surface area contributed by atoms with Gasteiger partial charge in [-0.15, -0.1) is 0 Å². The molecular weight excluding hydrogens is 448 g/mol. The Bertz CT molecular complexity index is 1070. The van der Waals surface area contributed by atoms with Crippen molar-refractivity contribution in [2.24, 2.45) is 5.41 Å². The van der Waals surface area contributed by atoms with Crippen LogP contribution < -0.4 is 0 Å². The number of halogens is 2. The molecule has 2 aliphatic carbocycles. The van der Waals surface area contributed by atoms with E-state index in [1.54, 1.807) is 23.8 Å². The van der Waals surface area contributed by atoms with Crippen LogP contribution in [0, 0.1) is 28.4 Å². The molecule has 3 heteroatoms. The summed E-state index contributed by atoms with van der Waals surface area (Å²) in [6.07, 6.45) is 12.2. The molecule has 1 fully saturated rings. The summed E-state index contributed by atoms with van der Waals surface area (Å²) in [5.74, 6) is -0.518. The molecule has 0 spiro atoms. The summed E-state index contributed by atoms with van der Waals surface area (Å²) >= 11 is 0. The van der Waals surface area contributed by atoms with Crippen molar-refractivity contribution in [1.82, 2.24) is 0 Å². The molecule has 0 aliphatic heterocycles. The maximum Gasteiger partial charge on any atom is 0.124 e. The monoisotopic (exact) mass is 491 g/mol. The third-order valence-electron chi connectivity index (χ3n) is 6.42. The molecule has 1 saturated carbocycles. The van der Waals surface area contributed by atoms with Gasteiger partial charge in [-0.2, -0.15) is 5.26 Å². The highest BCUT2D eigenvalue weighted by Crippen LogP contribution is 2.50. The molecular formula is C33H43F2N. The summed E-state index contributed by atoms with van der Waals surface area (Å²) in [4.78, 5) is 0. The van der Waals surface area contributed by atoms with Gasteiger partial charge in [0.05, 0.1) is 11.6 Å². The predicted octanol–water partition coefficient (Wildman–Crippen LogP) is 10.1. The average Bonchev–Trinajstić information content (AvgIpc) is 3.27.